The number of nitrogens with zero attached hydrogens (tertiary/aromatic N) is 2. The molecule has 6 nitrogen and oxygen atoms in total. The Morgan fingerprint density at radius 1 is 1.62 bits per heavy atom. The number of aromatic nitrogens is 1. The molecular formula is C14H17BrN4O2. The predicted molar refractivity (Wildman–Crippen MR) is 83.4 cm³/mol. The van der Waals surface area contributed by atoms with E-state index in [9.17, 15) is 4.79 Å². The van der Waals surface area contributed by atoms with Gasteiger partial charge in [-0.25, -0.2) is 4.98 Å². The SMILES string of the molecule is CCOCCCNC(=O)/C(C#N)=C\Nc1cc(Br)ccn1. The third kappa shape index (κ3) is 6.88. The number of pyridine rings is 1. The third-order valence-corrected chi connectivity index (χ3v) is 2.90. The Morgan fingerprint density at radius 3 is 3.10 bits per heavy atom. The number of amides is 1. The smallest absolute Gasteiger partial charge is 0.263 e. The van der Waals surface area contributed by atoms with Crippen LogP contribution in [0.15, 0.2) is 34.6 Å². The lowest BCUT2D eigenvalue weighted by atomic mass is 10.3. The number of halogens is 1. The minimum Gasteiger partial charge on any atom is -0.382 e. The molecule has 0 spiro atoms. The molecule has 0 saturated carbocycles. The van der Waals surface area contributed by atoms with Gasteiger partial charge in [-0.2, -0.15) is 5.26 Å². The lowest BCUT2D eigenvalue weighted by molar-refractivity contribution is -0.117. The molecule has 0 saturated heterocycles. The first-order valence-electron chi connectivity index (χ1n) is 6.51. The van der Waals surface area contributed by atoms with Crippen LogP contribution >= 0.6 is 15.9 Å². The lowest BCUT2D eigenvalue weighted by Gasteiger charge is -2.05. The predicted octanol–water partition coefficient (Wildman–Crippen LogP) is 2.21. The van der Waals surface area contributed by atoms with Crippen molar-refractivity contribution in [1.82, 2.24) is 10.3 Å². The number of hydrogen-bond donors (Lipinski definition) is 2. The van der Waals surface area contributed by atoms with Crippen molar-refractivity contribution >= 4 is 27.7 Å². The zero-order chi connectivity index (χ0) is 15.5. The summed E-state index contributed by atoms with van der Waals surface area (Å²) in [6.45, 7) is 3.62. The number of rotatable bonds is 8. The molecule has 112 valence electrons. The van der Waals surface area contributed by atoms with Crippen LogP contribution in [0.2, 0.25) is 0 Å². The Balaban J connectivity index is 2.47. The molecule has 1 aromatic heterocycles. The number of carbonyl (C=O) groups is 1. The van der Waals surface area contributed by atoms with Crippen molar-refractivity contribution < 1.29 is 9.53 Å². The molecule has 0 aromatic carbocycles. The van der Waals surface area contributed by atoms with E-state index in [0.717, 1.165) is 4.47 Å². The molecule has 1 aromatic rings. The quantitative estimate of drug-likeness (QED) is 0.425. The number of ether oxygens (including phenoxy) is 1. The second-order valence-corrected chi connectivity index (χ2v) is 4.90. The normalized spacial score (nSPS) is 10.8. The van der Waals surface area contributed by atoms with Crippen molar-refractivity contribution in [3.05, 3.63) is 34.6 Å². The fourth-order valence-electron chi connectivity index (χ4n) is 1.39. The number of hydrogen-bond acceptors (Lipinski definition) is 5. The zero-order valence-corrected chi connectivity index (χ0v) is 13.3. The van der Waals surface area contributed by atoms with E-state index in [2.05, 4.69) is 31.5 Å². The highest BCUT2D eigenvalue weighted by Gasteiger charge is 2.07. The molecule has 21 heavy (non-hydrogen) atoms. The molecule has 0 unspecified atom stereocenters. The number of anilines is 1. The Kier molecular flexibility index (Phi) is 8.09. The summed E-state index contributed by atoms with van der Waals surface area (Å²) in [7, 11) is 0. The molecule has 0 aliphatic heterocycles. The van der Waals surface area contributed by atoms with Crippen molar-refractivity contribution in [2.45, 2.75) is 13.3 Å². The molecule has 0 aliphatic rings. The van der Waals surface area contributed by atoms with Gasteiger partial charge in [0.25, 0.3) is 5.91 Å². The zero-order valence-electron chi connectivity index (χ0n) is 11.7. The molecule has 1 heterocycles. The van der Waals surface area contributed by atoms with Gasteiger partial charge in [0, 0.05) is 36.6 Å². The van der Waals surface area contributed by atoms with E-state index in [1.807, 2.05) is 13.0 Å². The first-order chi connectivity index (χ1) is 10.2. The van der Waals surface area contributed by atoms with Crippen LogP contribution in [0, 0.1) is 11.3 Å². The van der Waals surface area contributed by atoms with Gasteiger partial charge in [0.15, 0.2) is 0 Å². The highest BCUT2D eigenvalue weighted by atomic mass is 79.9. The summed E-state index contributed by atoms with van der Waals surface area (Å²) >= 11 is 3.31. The van der Waals surface area contributed by atoms with Crippen molar-refractivity contribution in [2.24, 2.45) is 0 Å². The average Bonchev–Trinajstić information content (AvgIpc) is 2.48. The number of nitriles is 1. The van der Waals surface area contributed by atoms with E-state index in [0.29, 0.717) is 32.0 Å². The molecule has 0 aliphatic carbocycles. The molecule has 0 bridgehead atoms. The summed E-state index contributed by atoms with van der Waals surface area (Å²) in [5, 5.41) is 14.5. The van der Waals surface area contributed by atoms with Gasteiger partial charge in [0.2, 0.25) is 0 Å². The maximum absolute atomic E-state index is 11.8. The molecular weight excluding hydrogens is 336 g/mol. The average molecular weight is 353 g/mol. The van der Waals surface area contributed by atoms with E-state index in [4.69, 9.17) is 10.00 Å². The van der Waals surface area contributed by atoms with E-state index in [1.54, 1.807) is 18.3 Å². The van der Waals surface area contributed by atoms with Gasteiger partial charge in [-0.1, -0.05) is 15.9 Å². The first-order valence-corrected chi connectivity index (χ1v) is 7.31. The fourth-order valence-corrected chi connectivity index (χ4v) is 1.73. The van der Waals surface area contributed by atoms with Gasteiger partial charge in [-0.05, 0) is 25.5 Å². The van der Waals surface area contributed by atoms with Crippen LogP contribution in [0.3, 0.4) is 0 Å². The van der Waals surface area contributed by atoms with Crippen LogP contribution in [0.25, 0.3) is 0 Å². The molecule has 7 heteroatoms. The Hall–Kier alpha value is -1.91. The van der Waals surface area contributed by atoms with Crippen molar-refractivity contribution in [3.8, 4) is 6.07 Å². The Bertz CT molecular complexity index is 540. The van der Waals surface area contributed by atoms with E-state index >= 15 is 0 Å². The van der Waals surface area contributed by atoms with Crippen LogP contribution in [-0.4, -0.2) is 30.6 Å². The molecule has 0 atom stereocenters. The summed E-state index contributed by atoms with van der Waals surface area (Å²) in [5.74, 6) is 0.123. The Morgan fingerprint density at radius 2 is 2.43 bits per heavy atom. The van der Waals surface area contributed by atoms with Crippen molar-refractivity contribution in [1.29, 1.82) is 5.26 Å². The Labute approximate surface area is 132 Å². The third-order valence-electron chi connectivity index (χ3n) is 2.41. The summed E-state index contributed by atoms with van der Waals surface area (Å²) in [4.78, 5) is 15.8. The fraction of sp³-hybridized carbons (Fsp3) is 0.357. The molecule has 0 radical (unpaired) electrons. The van der Waals surface area contributed by atoms with E-state index in [-0.39, 0.29) is 5.57 Å². The van der Waals surface area contributed by atoms with Crippen LogP contribution in [-0.2, 0) is 9.53 Å². The maximum Gasteiger partial charge on any atom is 0.263 e. The number of nitrogens with one attached hydrogen (secondary N) is 2. The largest absolute Gasteiger partial charge is 0.382 e. The first kappa shape index (κ1) is 17.1. The monoisotopic (exact) mass is 352 g/mol. The summed E-state index contributed by atoms with van der Waals surface area (Å²) in [6, 6.07) is 5.38. The van der Waals surface area contributed by atoms with Gasteiger partial charge in [-0.3, -0.25) is 4.79 Å². The van der Waals surface area contributed by atoms with Crippen LogP contribution in [0.1, 0.15) is 13.3 Å². The van der Waals surface area contributed by atoms with Crippen molar-refractivity contribution in [2.75, 3.05) is 25.1 Å². The molecule has 1 rings (SSSR count). The van der Waals surface area contributed by atoms with Crippen LogP contribution < -0.4 is 10.6 Å². The lowest BCUT2D eigenvalue weighted by Crippen LogP contribution is -2.26. The van der Waals surface area contributed by atoms with Gasteiger partial charge in [0.05, 0.1) is 0 Å². The molecule has 0 fully saturated rings. The summed E-state index contributed by atoms with van der Waals surface area (Å²) in [5.41, 5.74) is -0.00631. The minimum atomic E-state index is -0.420. The highest BCUT2D eigenvalue weighted by Crippen LogP contribution is 2.12. The second kappa shape index (κ2) is 9.91. The topological polar surface area (TPSA) is 87.0 Å². The maximum atomic E-state index is 11.8. The second-order valence-electron chi connectivity index (χ2n) is 3.98. The molecule has 1 amide bonds. The van der Waals surface area contributed by atoms with Crippen LogP contribution in [0.5, 0.6) is 0 Å². The van der Waals surface area contributed by atoms with Crippen molar-refractivity contribution in [3.63, 3.8) is 0 Å². The molecule has 2 N–H and O–H groups in total. The number of carbonyl (C=O) groups excluding carboxylic acids is 1. The standard InChI is InChI=1S/C14H17BrN4O2/c1-2-21-7-3-5-18-14(20)11(9-16)10-19-13-8-12(15)4-6-17-13/h4,6,8,10H,2-3,5,7H2,1H3,(H,17,19)(H,18,20)/b11-10-. The summed E-state index contributed by atoms with van der Waals surface area (Å²) in [6.07, 6.45) is 3.66. The van der Waals surface area contributed by atoms with Gasteiger partial charge < -0.3 is 15.4 Å². The van der Waals surface area contributed by atoms with Crippen LogP contribution in [0.4, 0.5) is 5.82 Å². The minimum absolute atomic E-state index is 0.00631. The summed E-state index contributed by atoms with van der Waals surface area (Å²) < 4.78 is 6.02. The van der Waals surface area contributed by atoms with Gasteiger partial charge in [-0.15, -0.1) is 0 Å². The van der Waals surface area contributed by atoms with Gasteiger partial charge >= 0.3 is 0 Å². The van der Waals surface area contributed by atoms with E-state index in [1.165, 1.54) is 6.20 Å². The highest BCUT2D eigenvalue weighted by molar-refractivity contribution is 9.10. The van der Waals surface area contributed by atoms with Gasteiger partial charge in [0.1, 0.15) is 17.5 Å². The van der Waals surface area contributed by atoms with E-state index < -0.39 is 5.91 Å².